The van der Waals surface area contributed by atoms with Gasteiger partial charge >= 0.3 is 0 Å². The van der Waals surface area contributed by atoms with Crippen molar-refractivity contribution in [1.29, 1.82) is 0 Å². The highest BCUT2D eigenvalue weighted by Crippen LogP contribution is 2.31. The van der Waals surface area contributed by atoms with Crippen LogP contribution in [-0.2, 0) is 0 Å². The van der Waals surface area contributed by atoms with E-state index in [9.17, 15) is 0 Å². The molecule has 1 fully saturated rings. The summed E-state index contributed by atoms with van der Waals surface area (Å²) in [5.41, 5.74) is 1.06. The fraction of sp³-hybridized carbons (Fsp3) is 0.667. The average molecular weight is 272 g/mol. The fourth-order valence-electron chi connectivity index (χ4n) is 2.22. The molecule has 1 N–H and O–H groups in total. The van der Waals surface area contributed by atoms with Crippen molar-refractivity contribution in [2.24, 2.45) is 0 Å². The smallest absolute Gasteiger partial charge is 0.224 e. The normalized spacial score (nSPS) is 23.9. The molecule has 1 aliphatic rings. The van der Waals surface area contributed by atoms with Gasteiger partial charge in [-0.25, -0.2) is 9.97 Å². The van der Waals surface area contributed by atoms with Gasteiger partial charge in [-0.15, -0.1) is 0 Å². The van der Waals surface area contributed by atoms with Crippen molar-refractivity contribution in [1.82, 2.24) is 9.97 Å². The molecule has 2 unspecified atom stereocenters. The molecular weight excluding hydrogens is 254 g/mol. The lowest BCUT2D eigenvalue weighted by Crippen LogP contribution is -2.18. The van der Waals surface area contributed by atoms with Gasteiger partial charge < -0.3 is 5.32 Å². The van der Waals surface area contributed by atoms with Crippen molar-refractivity contribution < 1.29 is 0 Å². The fourth-order valence-corrected chi connectivity index (χ4v) is 3.49. The second kappa shape index (κ2) is 5.91. The Balaban J connectivity index is 1.95. The van der Waals surface area contributed by atoms with Crippen molar-refractivity contribution in [2.75, 3.05) is 11.1 Å². The van der Waals surface area contributed by atoms with Crippen LogP contribution in [0.3, 0.4) is 0 Å². The van der Waals surface area contributed by atoms with Gasteiger partial charge in [0.1, 0.15) is 5.82 Å². The number of nitrogens with zero attached hydrogens (tertiary/aromatic N) is 2. The zero-order valence-corrected chi connectivity index (χ0v) is 11.8. The summed E-state index contributed by atoms with van der Waals surface area (Å²) in [4.78, 5) is 8.21. The number of hydrogen-bond acceptors (Lipinski definition) is 4. The highest BCUT2D eigenvalue weighted by molar-refractivity contribution is 7.99. The minimum atomic E-state index is 0.315. The molecule has 1 saturated carbocycles. The summed E-state index contributed by atoms with van der Waals surface area (Å²) in [5, 5.41) is 4.61. The molecule has 0 radical (unpaired) electrons. The van der Waals surface area contributed by atoms with Crippen molar-refractivity contribution in [3.63, 3.8) is 0 Å². The molecule has 1 heterocycles. The van der Waals surface area contributed by atoms with Crippen molar-refractivity contribution in [3.8, 4) is 0 Å². The van der Waals surface area contributed by atoms with Gasteiger partial charge in [-0.1, -0.05) is 6.92 Å². The maximum atomic E-state index is 5.81. The maximum absolute atomic E-state index is 5.81. The van der Waals surface area contributed by atoms with E-state index in [1.54, 1.807) is 6.20 Å². The first-order valence-corrected chi connectivity index (χ1v) is 7.49. The first-order valence-electron chi connectivity index (χ1n) is 6.06. The SMILES string of the molecule is CCSC1CCC(Nc2nc(Cl)ncc2C)C1. The summed E-state index contributed by atoms with van der Waals surface area (Å²) in [6.45, 7) is 4.23. The predicted molar refractivity (Wildman–Crippen MR) is 75.0 cm³/mol. The van der Waals surface area contributed by atoms with E-state index in [1.807, 2.05) is 6.92 Å². The molecule has 0 saturated heterocycles. The van der Waals surface area contributed by atoms with Crippen LogP contribution in [0.1, 0.15) is 31.7 Å². The van der Waals surface area contributed by atoms with Crippen LogP contribution >= 0.6 is 23.4 Å². The molecule has 2 atom stereocenters. The van der Waals surface area contributed by atoms with Crippen LogP contribution in [0.5, 0.6) is 0 Å². The Bertz CT molecular complexity index is 386. The second-order valence-electron chi connectivity index (χ2n) is 4.40. The van der Waals surface area contributed by atoms with Gasteiger partial charge in [0.05, 0.1) is 0 Å². The molecule has 1 aromatic rings. The summed E-state index contributed by atoms with van der Waals surface area (Å²) in [7, 11) is 0. The standard InChI is InChI=1S/C12H18ClN3S/c1-3-17-10-5-4-9(6-10)15-11-8(2)7-14-12(13)16-11/h7,9-10H,3-6H2,1-2H3,(H,14,15,16). The van der Waals surface area contributed by atoms with Crippen LogP contribution in [0, 0.1) is 6.92 Å². The largest absolute Gasteiger partial charge is 0.367 e. The number of hydrogen-bond donors (Lipinski definition) is 1. The number of rotatable bonds is 4. The Hall–Kier alpha value is -0.480. The number of thioether (sulfide) groups is 1. The van der Waals surface area contributed by atoms with E-state index in [0.29, 0.717) is 11.3 Å². The van der Waals surface area contributed by atoms with Crippen LogP contribution in [0.15, 0.2) is 6.20 Å². The summed E-state index contributed by atoms with van der Waals surface area (Å²) in [6.07, 6.45) is 5.51. The molecule has 0 bridgehead atoms. The van der Waals surface area contributed by atoms with Gasteiger partial charge in [0.25, 0.3) is 0 Å². The molecule has 0 amide bonds. The van der Waals surface area contributed by atoms with Gasteiger partial charge in [0.2, 0.25) is 5.28 Å². The third kappa shape index (κ3) is 3.49. The average Bonchev–Trinajstić information content (AvgIpc) is 2.72. The lowest BCUT2D eigenvalue weighted by atomic mass is 10.2. The van der Waals surface area contributed by atoms with Gasteiger partial charge in [-0.2, -0.15) is 11.8 Å². The number of halogens is 1. The minimum absolute atomic E-state index is 0.315. The van der Waals surface area contributed by atoms with E-state index in [4.69, 9.17) is 11.6 Å². The lowest BCUT2D eigenvalue weighted by molar-refractivity contribution is 0.749. The number of aryl methyl sites for hydroxylation is 1. The molecule has 17 heavy (non-hydrogen) atoms. The molecule has 1 aliphatic carbocycles. The minimum Gasteiger partial charge on any atom is -0.367 e. The topological polar surface area (TPSA) is 37.8 Å². The van der Waals surface area contributed by atoms with E-state index in [2.05, 4.69) is 34.0 Å². The second-order valence-corrected chi connectivity index (χ2v) is 6.32. The first kappa shape index (κ1) is 13.0. The van der Waals surface area contributed by atoms with Crippen molar-refractivity contribution >= 4 is 29.2 Å². The third-order valence-electron chi connectivity index (χ3n) is 3.07. The van der Waals surface area contributed by atoms with Gasteiger partial charge in [0.15, 0.2) is 0 Å². The number of aromatic nitrogens is 2. The highest BCUT2D eigenvalue weighted by atomic mass is 35.5. The van der Waals surface area contributed by atoms with Crippen molar-refractivity contribution in [3.05, 3.63) is 17.0 Å². The van der Waals surface area contributed by atoms with Crippen molar-refractivity contribution in [2.45, 2.75) is 44.4 Å². The van der Waals surface area contributed by atoms with Gasteiger partial charge in [-0.3, -0.25) is 0 Å². The molecule has 94 valence electrons. The maximum Gasteiger partial charge on any atom is 0.224 e. The van der Waals surface area contributed by atoms with E-state index in [1.165, 1.54) is 25.0 Å². The monoisotopic (exact) mass is 271 g/mol. The molecule has 3 nitrogen and oxygen atoms in total. The molecule has 5 heteroatoms. The van der Waals surface area contributed by atoms with E-state index in [-0.39, 0.29) is 0 Å². The molecular formula is C12H18ClN3S. The summed E-state index contributed by atoms with van der Waals surface area (Å²) in [6, 6.07) is 0.531. The molecule has 0 spiro atoms. The Kier molecular flexibility index (Phi) is 4.51. The lowest BCUT2D eigenvalue weighted by Gasteiger charge is -2.15. The van der Waals surface area contributed by atoms with Crippen LogP contribution in [0.25, 0.3) is 0 Å². The number of nitrogens with one attached hydrogen (secondary N) is 1. The van der Waals surface area contributed by atoms with Crippen LogP contribution in [0.2, 0.25) is 5.28 Å². The zero-order chi connectivity index (χ0) is 12.3. The summed E-state index contributed by atoms with van der Waals surface area (Å²) >= 11 is 7.88. The van der Waals surface area contributed by atoms with Gasteiger partial charge in [0, 0.05) is 23.1 Å². The quantitative estimate of drug-likeness (QED) is 0.851. The zero-order valence-electron chi connectivity index (χ0n) is 10.2. The first-order chi connectivity index (χ1) is 8.19. The molecule has 0 aromatic carbocycles. The van der Waals surface area contributed by atoms with E-state index < -0.39 is 0 Å². The Morgan fingerprint density at radius 1 is 1.53 bits per heavy atom. The van der Waals surface area contributed by atoms with E-state index >= 15 is 0 Å². The number of anilines is 1. The Morgan fingerprint density at radius 3 is 3.12 bits per heavy atom. The van der Waals surface area contributed by atoms with Crippen LogP contribution < -0.4 is 5.32 Å². The summed E-state index contributed by atoms with van der Waals surface area (Å²) < 4.78 is 0. The summed E-state index contributed by atoms with van der Waals surface area (Å²) in [5.74, 6) is 2.09. The van der Waals surface area contributed by atoms with Crippen LogP contribution in [-0.4, -0.2) is 27.0 Å². The highest BCUT2D eigenvalue weighted by Gasteiger charge is 2.25. The van der Waals surface area contributed by atoms with Crippen LogP contribution in [0.4, 0.5) is 5.82 Å². The van der Waals surface area contributed by atoms with E-state index in [0.717, 1.165) is 16.6 Å². The van der Waals surface area contributed by atoms with Gasteiger partial charge in [-0.05, 0) is 43.5 Å². The predicted octanol–water partition coefficient (Wildman–Crippen LogP) is 3.52. The molecule has 0 aliphatic heterocycles. The Labute approximate surface area is 112 Å². The molecule has 1 aromatic heterocycles. The third-order valence-corrected chi connectivity index (χ3v) is 4.49. The Morgan fingerprint density at radius 2 is 2.35 bits per heavy atom. The molecule has 2 rings (SSSR count).